The Morgan fingerprint density at radius 2 is 1.89 bits per heavy atom. The lowest BCUT2D eigenvalue weighted by Crippen LogP contribution is -2.51. The second-order valence-corrected chi connectivity index (χ2v) is 4.99. The lowest BCUT2D eigenvalue weighted by Gasteiger charge is -2.31. The molecule has 0 aliphatic carbocycles. The Morgan fingerprint density at radius 3 is 2.42 bits per heavy atom. The molecule has 0 aliphatic heterocycles. The molecule has 0 fully saturated rings. The van der Waals surface area contributed by atoms with E-state index in [-0.39, 0.29) is 0 Å². The van der Waals surface area contributed by atoms with Gasteiger partial charge in [-0.2, -0.15) is 5.26 Å². The van der Waals surface area contributed by atoms with Crippen molar-refractivity contribution in [3.63, 3.8) is 0 Å². The molecule has 0 bridgehead atoms. The average Bonchev–Trinajstić information content (AvgIpc) is 2.42. The number of hydrogen-bond acceptors (Lipinski definition) is 5. The van der Waals surface area contributed by atoms with Gasteiger partial charge < -0.3 is 9.47 Å². The fraction of sp³-hybridized carbons (Fsp3) is 0.929. The normalized spacial score (nSPS) is 14.3. The molecule has 0 amide bonds. The fourth-order valence-electron chi connectivity index (χ4n) is 1.90. The third kappa shape index (κ3) is 8.95. The summed E-state index contributed by atoms with van der Waals surface area (Å²) in [5.41, 5.74) is -0.503. The highest BCUT2D eigenvalue weighted by atomic mass is 16.5. The zero-order chi connectivity index (χ0) is 14.6. The van der Waals surface area contributed by atoms with Gasteiger partial charge >= 0.3 is 0 Å². The molecule has 0 saturated heterocycles. The van der Waals surface area contributed by atoms with Gasteiger partial charge in [0, 0.05) is 40.5 Å². The van der Waals surface area contributed by atoms with E-state index in [1.165, 1.54) is 0 Å². The molecule has 5 heteroatoms. The number of nitrogens with one attached hydrogen (secondary N) is 1. The first-order valence-electron chi connectivity index (χ1n) is 6.98. The highest BCUT2D eigenvalue weighted by Gasteiger charge is 2.25. The molecule has 5 nitrogen and oxygen atoms in total. The topological polar surface area (TPSA) is 57.5 Å². The van der Waals surface area contributed by atoms with Gasteiger partial charge in [0.1, 0.15) is 5.54 Å². The van der Waals surface area contributed by atoms with Crippen LogP contribution in [0.5, 0.6) is 0 Å². The summed E-state index contributed by atoms with van der Waals surface area (Å²) in [7, 11) is 3.41. The van der Waals surface area contributed by atoms with Crippen LogP contribution in [0, 0.1) is 11.3 Å². The van der Waals surface area contributed by atoms with E-state index in [4.69, 9.17) is 9.47 Å². The van der Waals surface area contributed by atoms with Crippen molar-refractivity contribution in [1.29, 1.82) is 5.26 Å². The SMILES string of the molecule is CCCNC(C)(C#N)CN(CCCOC)CCOC. The van der Waals surface area contributed by atoms with E-state index in [9.17, 15) is 5.26 Å². The quantitative estimate of drug-likeness (QED) is 0.541. The number of nitriles is 1. The van der Waals surface area contributed by atoms with Gasteiger partial charge in [-0.3, -0.25) is 10.2 Å². The second kappa shape index (κ2) is 11.2. The first kappa shape index (κ1) is 18.3. The summed E-state index contributed by atoms with van der Waals surface area (Å²) in [6.07, 6.45) is 1.99. The van der Waals surface area contributed by atoms with E-state index in [0.717, 1.165) is 39.1 Å². The van der Waals surface area contributed by atoms with Crippen LogP contribution in [0.15, 0.2) is 0 Å². The zero-order valence-electron chi connectivity index (χ0n) is 12.9. The van der Waals surface area contributed by atoms with Crippen molar-refractivity contribution in [3.05, 3.63) is 0 Å². The van der Waals surface area contributed by atoms with Gasteiger partial charge in [0.15, 0.2) is 0 Å². The van der Waals surface area contributed by atoms with Crippen LogP contribution in [0.1, 0.15) is 26.7 Å². The fourth-order valence-corrected chi connectivity index (χ4v) is 1.90. The van der Waals surface area contributed by atoms with Crippen LogP contribution in [0.25, 0.3) is 0 Å². The van der Waals surface area contributed by atoms with Crippen molar-refractivity contribution >= 4 is 0 Å². The maximum atomic E-state index is 9.36. The van der Waals surface area contributed by atoms with E-state index < -0.39 is 5.54 Å². The number of rotatable bonds is 12. The molecule has 0 radical (unpaired) electrons. The van der Waals surface area contributed by atoms with Crippen molar-refractivity contribution < 1.29 is 9.47 Å². The van der Waals surface area contributed by atoms with Crippen LogP contribution >= 0.6 is 0 Å². The Kier molecular flexibility index (Phi) is 10.8. The lowest BCUT2D eigenvalue weighted by molar-refractivity contribution is 0.120. The first-order chi connectivity index (χ1) is 9.11. The van der Waals surface area contributed by atoms with E-state index in [2.05, 4.69) is 23.2 Å². The first-order valence-corrected chi connectivity index (χ1v) is 6.98. The highest BCUT2D eigenvalue weighted by Crippen LogP contribution is 2.07. The zero-order valence-corrected chi connectivity index (χ0v) is 12.9. The number of methoxy groups -OCH3 is 2. The molecule has 19 heavy (non-hydrogen) atoms. The maximum Gasteiger partial charge on any atom is 0.116 e. The van der Waals surface area contributed by atoms with Crippen molar-refractivity contribution in [3.8, 4) is 6.07 Å². The minimum atomic E-state index is -0.503. The van der Waals surface area contributed by atoms with E-state index in [1.807, 2.05) is 6.92 Å². The average molecular weight is 271 g/mol. The molecule has 1 unspecified atom stereocenters. The van der Waals surface area contributed by atoms with Gasteiger partial charge in [0.05, 0.1) is 12.7 Å². The summed E-state index contributed by atoms with van der Waals surface area (Å²) in [6, 6.07) is 2.39. The predicted molar refractivity (Wildman–Crippen MR) is 77.1 cm³/mol. The summed E-state index contributed by atoms with van der Waals surface area (Å²) in [6.45, 7) is 8.81. The molecular weight excluding hydrogens is 242 g/mol. The van der Waals surface area contributed by atoms with Crippen molar-refractivity contribution in [1.82, 2.24) is 10.2 Å². The molecule has 1 N–H and O–H groups in total. The number of nitrogens with zero attached hydrogens (tertiary/aromatic N) is 2. The molecule has 1 atom stereocenters. The molecule has 112 valence electrons. The van der Waals surface area contributed by atoms with Gasteiger partial charge in [0.2, 0.25) is 0 Å². The highest BCUT2D eigenvalue weighted by molar-refractivity contribution is 5.05. The van der Waals surface area contributed by atoms with Crippen LogP contribution < -0.4 is 5.32 Å². The Bertz CT molecular complexity index is 256. The molecule has 0 aromatic carbocycles. The van der Waals surface area contributed by atoms with Crippen molar-refractivity contribution in [2.75, 3.05) is 53.6 Å². The second-order valence-electron chi connectivity index (χ2n) is 4.99. The predicted octanol–water partition coefficient (Wildman–Crippen LogP) is 1.25. The van der Waals surface area contributed by atoms with Crippen LogP contribution in [-0.2, 0) is 9.47 Å². The third-order valence-corrected chi connectivity index (χ3v) is 2.99. The summed E-state index contributed by atoms with van der Waals surface area (Å²) in [4.78, 5) is 2.26. The van der Waals surface area contributed by atoms with Gasteiger partial charge in [0.25, 0.3) is 0 Å². The molecule has 0 heterocycles. The van der Waals surface area contributed by atoms with Crippen LogP contribution in [-0.4, -0.2) is 64.1 Å². The Labute approximate surface area is 117 Å². The van der Waals surface area contributed by atoms with Gasteiger partial charge in [-0.1, -0.05) is 6.92 Å². The minimum absolute atomic E-state index is 0.503. The molecule has 0 aromatic rings. The molecule has 0 aliphatic rings. The van der Waals surface area contributed by atoms with E-state index >= 15 is 0 Å². The number of hydrogen-bond donors (Lipinski definition) is 1. The molecule has 0 spiro atoms. The Balaban J connectivity index is 4.35. The largest absolute Gasteiger partial charge is 0.385 e. The standard InChI is InChI=1S/C14H29N3O2/c1-5-7-16-14(2,12-15)13-17(9-11-19-4)8-6-10-18-3/h16H,5-11,13H2,1-4H3. The summed E-state index contributed by atoms with van der Waals surface area (Å²) < 4.78 is 10.2. The van der Waals surface area contributed by atoms with Gasteiger partial charge in [-0.25, -0.2) is 0 Å². The van der Waals surface area contributed by atoms with Crippen molar-refractivity contribution in [2.45, 2.75) is 32.2 Å². The molecular formula is C14H29N3O2. The smallest absolute Gasteiger partial charge is 0.116 e. The van der Waals surface area contributed by atoms with Crippen LogP contribution in [0.3, 0.4) is 0 Å². The van der Waals surface area contributed by atoms with E-state index in [1.54, 1.807) is 14.2 Å². The van der Waals surface area contributed by atoms with Crippen LogP contribution in [0.4, 0.5) is 0 Å². The molecule has 0 aromatic heterocycles. The van der Waals surface area contributed by atoms with Gasteiger partial charge in [-0.15, -0.1) is 0 Å². The van der Waals surface area contributed by atoms with Crippen LogP contribution in [0.2, 0.25) is 0 Å². The minimum Gasteiger partial charge on any atom is -0.385 e. The monoisotopic (exact) mass is 271 g/mol. The summed E-state index contributed by atoms with van der Waals surface area (Å²) in [5.74, 6) is 0. The Hall–Kier alpha value is -0.670. The van der Waals surface area contributed by atoms with Crippen molar-refractivity contribution in [2.24, 2.45) is 0 Å². The molecule has 0 rings (SSSR count). The third-order valence-electron chi connectivity index (χ3n) is 2.99. The Morgan fingerprint density at radius 1 is 1.21 bits per heavy atom. The summed E-state index contributed by atoms with van der Waals surface area (Å²) >= 11 is 0. The maximum absolute atomic E-state index is 9.36. The van der Waals surface area contributed by atoms with E-state index in [0.29, 0.717) is 13.2 Å². The number of ether oxygens (including phenoxy) is 2. The summed E-state index contributed by atoms with van der Waals surface area (Å²) in [5, 5.41) is 12.7. The molecule has 0 saturated carbocycles. The van der Waals surface area contributed by atoms with Gasteiger partial charge in [-0.05, 0) is 26.3 Å². The lowest BCUT2D eigenvalue weighted by atomic mass is 10.0.